The number of allylic oxidation sites excluding steroid dienone is 1. The average Bonchev–Trinajstić information content (AvgIpc) is 3.33. The minimum atomic E-state index is -0.496. The van der Waals surface area contributed by atoms with Gasteiger partial charge in [0.1, 0.15) is 23.6 Å². The fourth-order valence-corrected chi connectivity index (χ4v) is 4.67. The molecule has 0 fully saturated rings. The molecule has 158 valence electrons. The van der Waals surface area contributed by atoms with Crippen LogP contribution >= 0.6 is 11.6 Å². The van der Waals surface area contributed by atoms with Gasteiger partial charge in [0.25, 0.3) is 0 Å². The lowest BCUT2D eigenvalue weighted by molar-refractivity contribution is 0.190. The molecule has 1 aromatic carbocycles. The second-order valence-electron chi connectivity index (χ2n) is 8.19. The lowest BCUT2D eigenvalue weighted by Gasteiger charge is -2.17. The summed E-state index contributed by atoms with van der Waals surface area (Å²) in [6.45, 7) is 2.14. The SMILES string of the molecule is CC(Cc1ccc2cc(Cl)c(N)nc2c1)C1=C[C@@H](n2ccc3c(N)ncnc32)C[C@@H]1O. The van der Waals surface area contributed by atoms with Crippen LogP contribution in [-0.4, -0.2) is 30.7 Å². The number of hydrogen-bond donors (Lipinski definition) is 3. The number of halogens is 1. The molecule has 8 heteroatoms. The van der Waals surface area contributed by atoms with Crippen molar-refractivity contribution < 1.29 is 5.11 Å². The number of anilines is 2. The van der Waals surface area contributed by atoms with Crippen LogP contribution in [0.4, 0.5) is 11.6 Å². The number of rotatable bonds is 4. The van der Waals surface area contributed by atoms with Gasteiger partial charge in [0.2, 0.25) is 0 Å². The van der Waals surface area contributed by atoms with Crippen molar-refractivity contribution in [1.82, 2.24) is 19.5 Å². The van der Waals surface area contributed by atoms with Crippen molar-refractivity contribution in [3.8, 4) is 0 Å². The predicted octanol–water partition coefficient (Wildman–Crippen LogP) is 3.91. The summed E-state index contributed by atoms with van der Waals surface area (Å²) < 4.78 is 2.06. The molecule has 0 amide bonds. The molecule has 3 aromatic heterocycles. The van der Waals surface area contributed by atoms with Crippen LogP contribution in [0.1, 0.15) is 24.9 Å². The zero-order chi connectivity index (χ0) is 21.7. The standard InChI is InChI=1S/C23H23ClN6O/c1-12(6-13-2-3-14-8-18(24)22(26)29-19(14)7-13)17-9-15(10-20(17)31)30-5-4-16-21(25)27-11-28-23(16)30/h2-5,7-9,11-12,15,20,31H,6,10H2,1H3,(H2,26,29)(H2,25,27,28)/t12?,15-,20+/m1/s1. The minimum Gasteiger partial charge on any atom is -0.389 e. The number of pyridine rings is 1. The van der Waals surface area contributed by atoms with Crippen LogP contribution in [-0.2, 0) is 6.42 Å². The molecule has 4 aromatic rings. The topological polar surface area (TPSA) is 116 Å². The highest BCUT2D eigenvalue weighted by Gasteiger charge is 2.30. The summed E-state index contributed by atoms with van der Waals surface area (Å²) in [5.41, 5.74) is 15.6. The Morgan fingerprint density at radius 2 is 2.03 bits per heavy atom. The summed E-state index contributed by atoms with van der Waals surface area (Å²) in [5, 5.41) is 13.0. The molecule has 1 unspecified atom stereocenters. The molecule has 0 saturated carbocycles. The van der Waals surface area contributed by atoms with E-state index in [4.69, 9.17) is 23.1 Å². The average molecular weight is 435 g/mol. The Kier molecular flexibility index (Phi) is 4.79. The molecule has 5 N–H and O–H groups in total. The Morgan fingerprint density at radius 1 is 1.19 bits per heavy atom. The van der Waals surface area contributed by atoms with Crippen molar-refractivity contribution >= 4 is 45.2 Å². The van der Waals surface area contributed by atoms with Crippen LogP contribution in [0, 0.1) is 5.92 Å². The molecular formula is C23H23ClN6O. The lowest BCUT2D eigenvalue weighted by Crippen LogP contribution is -2.15. The molecule has 0 saturated heterocycles. The first kappa shape index (κ1) is 19.8. The molecule has 1 aliphatic rings. The monoisotopic (exact) mass is 434 g/mol. The van der Waals surface area contributed by atoms with Gasteiger partial charge in [-0.3, -0.25) is 0 Å². The molecule has 0 spiro atoms. The van der Waals surface area contributed by atoms with E-state index in [1.165, 1.54) is 6.33 Å². The Hall–Kier alpha value is -3.16. The largest absolute Gasteiger partial charge is 0.389 e. The third kappa shape index (κ3) is 3.49. The molecule has 3 heterocycles. The van der Waals surface area contributed by atoms with Crippen molar-refractivity contribution in [3.63, 3.8) is 0 Å². The van der Waals surface area contributed by atoms with Gasteiger partial charge in [-0.2, -0.15) is 0 Å². The third-order valence-electron chi connectivity index (χ3n) is 6.11. The zero-order valence-corrected chi connectivity index (χ0v) is 17.8. The first-order chi connectivity index (χ1) is 14.9. The van der Waals surface area contributed by atoms with E-state index in [2.05, 4.69) is 38.6 Å². The van der Waals surface area contributed by atoms with Crippen molar-refractivity contribution in [2.24, 2.45) is 5.92 Å². The molecule has 0 radical (unpaired) electrons. The fourth-order valence-electron chi connectivity index (χ4n) is 4.51. The molecule has 3 atom stereocenters. The van der Waals surface area contributed by atoms with Crippen LogP contribution in [0.5, 0.6) is 0 Å². The fraction of sp³-hybridized carbons (Fsp3) is 0.261. The van der Waals surface area contributed by atoms with Crippen LogP contribution in [0.2, 0.25) is 5.02 Å². The maximum Gasteiger partial charge on any atom is 0.146 e. The first-order valence-electron chi connectivity index (χ1n) is 10.2. The highest BCUT2D eigenvalue weighted by Crippen LogP contribution is 2.36. The van der Waals surface area contributed by atoms with E-state index in [0.29, 0.717) is 23.1 Å². The highest BCUT2D eigenvalue weighted by atomic mass is 35.5. The Labute approximate surface area is 184 Å². The number of nitrogens with zero attached hydrogens (tertiary/aromatic N) is 4. The molecule has 31 heavy (non-hydrogen) atoms. The van der Waals surface area contributed by atoms with Gasteiger partial charge < -0.3 is 21.1 Å². The number of nitrogens with two attached hydrogens (primary N) is 2. The summed E-state index contributed by atoms with van der Waals surface area (Å²) in [6, 6.07) is 9.90. The zero-order valence-electron chi connectivity index (χ0n) is 17.0. The van der Waals surface area contributed by atoms with Crippen molar-refractivity contribution in [1.29, 1.82) is 0 Å². The van der Waals surface area contributed by atoms with Gasteiger partial charge in [-0.15, -0.1) is 0 Å². The van der Waals surface area contributed by atoms with Gasteiger partial charge in [0, 0.05) is 18.0 Å². The van der Waals surface area contributed by atoms with Crippen LogP contribution in [0.3, 0.4) is 0 Å². The maximum atomic E-state index is 10.8. The first-order valence-corrected chi connectivity index (χ1v) is 10.6. The van der Waals surface area contributed by atoms with Gasteiger partial charge in [-0.25, -0.2) is 15.0 Å². The van der Waals surface area contributed by atoms with E-state index in [1.807, 2.05) is 30.5 Å². The number of aliphatic hydroxyl groups is 1. The molecular weight excluding hydrogens is 412 g/mol. The third-order valence-corrected chi connectivity index (χ3v) is 6.41. The van der Waals surface area contributed by atoms with E-state index in [1.54, 1.807) is 0 Å². The van der Waals surface area contributed by atoms with Gasteiger partial charge >= 0.3 is 0 Å². The maximum absolute atomic E-state index is 10.8. The van der Waals surface area contributed by atoms with Crippen molar-refractivity contribution in [2.45, 2.75) is 31.9 Å². The van der Waals surface area contributed by atoms with Crippen molar-refractivity contribution in [3.05, 3.63) is 65.1 Å². The molecule has 5 rings (SSSR count). The summed E-state index contributed by atoms with van der Waals surface area (Å²) in [4.78, 5) is 12.8. The number of benzene rings is 1. The number of nitrogen functional groups attached to an aromatic ring is 2. The summed E-state index contributed by atoms with van der Waals surface area (Å²) in [6.07, 6.45) is 6.50. The van der Waals surface area contributed by atoms with Gasteiger partial charge in [0.15, 0.2) is 0 Å². The number of aliphatic hydroxyl groups excluding tert-OH is 1. The highest BCUT2D eigenvalue weighted by molar-refractivity contribution is 6.33. The van der Waals surface area contributed by atoms with Gasteiger partial charge in [0.05, 0.1) is 28.1 Å². The van der Waals surface area contributed by atoms with Crippen LogP contribution in [0.15, 0.2) is 54.5 Å². The molecule has 7 nitrogen and oxygen atoms in total. The van der Waals surface area contributed by atoms with E-state index >= 15 is 0 Å². The van der Waals surface area contributed by atoms with Gasteiger partial charge in [-0.05, 0) is 41.7 Å². The molecule has 0 aliphatic heterocycles. The van der Waals surface area contributed by atoms with Crippen molar-refractivity contribution in [2.75, 3.05) is 11.5 Å². The lowest BCUT2D eigenvalue weighted by atomic mass is 9.91. The van der Waals surface area contributed by atoms with E-state index < -0.39 is 6.10 Å². The number of hydrogen-bond acceptors (Lipinski definition) is 6. The van der Waals surface area contributed by atoms with E-state index in [-0.39, 0.29) is 12.0 Å². The Bertz CT molecular complexity index is 1330. The Balaban J connectivity index is 1.41. The normalized spacial score (nSPS) is 19.8. The second kappa shape index (κ2) is 7.51. The molecule has 0 bridgehead atoms. The predicted molar refractivity (Wildman–Crippen MR) is 124 cm³/mol. The summed E-state index contributed by atoms with van der Waals surface area (Å²) >= 11 is 6.08. The van der Waals surface area contributed by atoms with Crippen LogP contribution in [0.25, 0.3) is 21.9 Å². The number of aromatic nitrogens is 4. The van der Waals surface area contributed by atoms with E-state index in [9.17, 15) is 5.11 Å². The molecule has 1 aliphatic carbocycles. The quantitative estimate of drug-likeness (QED) is 0.419. The van der Waals surface area contributed by atoms with Crippen LogP contribution < -0.4 is 11.5 Å². The summed E-state index contributed by atoms with van der Waals surface area (Å²) in [7, 11) is 0. The minimum absolute atomic E-state index is 0.0273. The number of fused-ring (bicyclic) bond motifs is 2. The smallest absolute Gasteiger partial charge is 0.146 e. The summed E-state index contributed by atoms with van der Waals surface area (Å²) in [5.74, 6) is 0.967. The van der Waals surface area contributed by atoms with E-state index in [0.717, 1.165) is 39.5 Å². The Morgan fingerprint density at radius 3 is 2.87 bits per heavy atom. The second-order valence-corrected chi connectivity index (χ2v) is 8.60. The van der Waals surface area contributed by atoms with Gasteiger partial charge in [-0.1, -0.05) is 36.7 Å².